The molecule has 0 amide bonds. The maximum Gasteiger partial charge on any atom is 0.0256 e. The molecule has 19 heavy (non-hydrogen) atoms. The molecule has 4 saturated heterocycles. The lowest BCUT2D eigenvalue weighted by atomic mass is 9.81. The van der Waals surface area contributed by atoms with Gasteiger partial charge in [-0.3, -0.25) is 4.90 Å². The maximum atomic E-state index is 3.78. The first-order chi connectivity index (χ1) is 9.19. The first-order valence-corrected chi connectivity index (χ1v) is 8.40. The molecule has 3 heteroatoms. The second-order valence-electron chi connectivity index (χ2n) is 7.22. The van der Waals surface area contributed by atoms with E-state index in [0.29, 0.717) is 6.04 Å². The van der Waals surface area contributed by atoms with E-state index in [0.717, 1.165) is 23.9 Å². The van der Waals surface area contributed by atoms with E-state index in [4.69, 9.17) is 0 Å². The fourth-order valence-corrected chi connectivity index (χ4v) is 4.39. The minimum atomic E-state index is 0.693. The monoisotopic (exact) mass is 265 g/mol. The van der Waals surface area contributed by atoms with Crippen molar-refractivity contribution in [2.75, 3.05) is 32.7 Å². The average Bonchev–Trinajstić information content (AvgIpc) is 2.47. The van der Waals surface area contributed by atoms with Crippen LogP contribution in [0.15, 0.2) is 0 Å². The van der Waals surface area contributed by atoms with Gasteiger partial charge in [-0.25, -0.2) is 0 Å². The largest absolute Gasteiger partial charge is 0.311 e. The third kappa shape index (κ3) is 2.70. The molecule has 0 radical (unpaired) electrons. The Balaban J connectivity index is 1.72. The molecule has 0 aromatic heterocycles. The molecule has 4 aliphatic rings. The molecule has 4 fully saturated rings. The first kappa shape index (κ1) is 13.8. The molecule has 0 aromatic rings. The zero-order valence-electron chi connectivity index (χ0n) is 12.9. The highest BCUT2D eigenvalue weighted by molar-refractivity contribution is 4.98. The SMILES string of the molecule is CCC1CNC(C(C)C)CN1C1CN2CCC1CC2. The summed E-state index contributed by atoms with van der Waals surface area (Å²) in [6.07, 6.45) is 4.18. The summed E-state index contributed by atoms with van der Waals surface area (Å²) in [5.41, 5.74) is 0. The average molecular weight is 265 g/mol. The normalized spacial score (nSPS) is 43.9. The van der Waals surface area contributed by atoms with Crippen LogP contribution in [0.25, 0.3) is 0 Å². The molecule has 110 valence electrons. The molecule has 3 atom stereocenters. The van der Waals surface area contributed by atoms with Crippen molar-refractivity contribution in [3.63, 3.8) is 0 Å². The van der Waals surface area contributed by atoms with Crippen molar-refractivity contribution in [1.29, 1.82) is 0 Å². The molecular weight excluding hydrogens is 234 g/mol. The van der Waals surface area contributed by atoms with Crippen LogP contribution in [0.4, 0.5) is 0 Å². The van der Waals surface area contributed by atoms with Crippen LogP contribution in [-0.4, -0.2) is 60.6 Å². The zero-order valence-corrected chi connectivity index (χ0v) is 12.9. The number of piperidine rings is 3. The smallest absolute Gasteiger partial charge is 0.0256 e. The highest BCUT2D eigenvalue weighted by atomic mass is 15.3. The van der Waals surface area contributed by atoms with Crippen molar-refractivity contribution < 1.29 is 0 Å². The molecule has 2 bridgehead atoms. The van der Waals surface area contributed by atoms with Crippen molar-refractivity contribution in [2.24, 2.45) is 11.8 Å². The van der Waals surface area contributed by atoms with Gasteiger partial charge in [0.25, 0.3) is 0 Å². The van der Waals surface area contributed by atoms with Crippen LogP contribution in [0.5, 0.6) is 0 Å². The molecule has 1 N–H and O–H groups in total. The van der Waals surface area contributed by atoms with Crippen molar-refractivity contribution >= 4 is 0 Å². The maximum absolute atomic E-state index is 3.78. The lowest BCUT2D eigenvalue weighted by Gasteiger charge is -2.54. The van der Waals surface area contributed by atoms with E-state index >= 15 is 0 Å². The predicted octanol–water partition coefficient (Wildman–Crippen LogP) is 1.79. The van der Waals surface area contributed by atoms with Gasteiger partial charge in [-0.15, -0.1) is 0 Å². The van der Waals surface area contributed by atoms with E-state index < -0.39 is 0 Å². The number of hydrogen-bond acceptors (Lipinski definition) is 3. The summed E-state index contributed by atoms with van der Waals surface area (Å²) in [5, 5.41) is 3.78. The summed E-state index contributed by atoms with van der Waals surface area (Å²) in [7, 11) is 0. The second kappa shape index (κ2) is 5.71. The van der Waals surface area contributed by atoms with E-state index in [1.165, 1.54) is 52.0 Å². The second-order valence-corrected chi connectivity index (χ2v) is 7.22. The van der Waals surface area contributed by atoms with Gasteiger partial charge in [0.1, 0.15) is 0 Å². The van der Waals surface area contributed by atoms with Crippen molar-refractivity contribution in [2.45, 2.75) is 58.2 Å². The Morgan fingerprint density at radius 2 is 1.89 bits per heavy atom. The summed E-state index contributed by atoms with van der Waals surface area (Å²) in [5.74, 6) is 1.73. The Bertz CT molecular complexity index is 296. The summed E-state index contributed by atoms with van der Waals surface area (Å²) < 4.78 is 0. The van der Waals surface area contributed by atoms with Crippen LogP contribution >= 0.6 is 0 Å². The molecular formula is C16H31N3. The molecule has 0 saturated carbocycles. The van der Waals surface area contributed by atoms with E-state index in [-0.39, 0.29) is 0 Å². The molecule has 3 unspecified atom stereocenters. The van der Waals surface area contributed by atoms with Gasteiger partial charge in [-0.2, -0.15) is 0 Å². The molecule has 3 nitrogen and oxygen atoms in total. The third-order valence-corrected chi connectivity index (χ3v) is 5.82. The van der Waals surface area contributed by atoms with Crippen molar-refractivity contribution in [3.8, 4) is 0 Å². The van der Waals surface area contributed by atoms with Crippen molar-refractivity contribution in [1.82, 2.24) is 15.1 Å². The van der Waals surface area contributed by atoms with Crippen LogP contribution in [0.3, 0.4) is 0 Å². The predicted molar refractivity (Wildman–Crippen MR) is 80.4 cm³/mol. The standard InChI is InChI=1S/C16H31N3/c1-4-14-9-17-15(12(2)3)10-19(14)16-11-18-7-5-13(16)6-8-18/h12-17H,4-11H2,1-3H3. The Morgan fingerprint density at radius 3 is 2.42 bits per heavy atom. The fourth-order valence-electron chi connectivity index (χ4n) is 4.39. The molecule has 4 rings (SSSR count). The summed E-state index contributed by atoms with van der Waals surface area (Å²) in [6.45, 7) is 13.6. The number of hydrogen-bond donors (Lipinski definition) is 1. The van der Waals surface area contributed by atoms with E-state index in [1.807, 2.05) is 0 Å². The van der Waals surface area contributed by atoms with Crippen LogP contribution in [-0.2, 0) is 0 Å². The number of rotatable bonds is 3. The Morgan fingerprint density at radius 1 is 1.16 bits per heavy atom. The van der Waals surface area contributed by atoms with Gasteiger partial charge in [0.15, 0.2) is 0 Å². The van der Waals surface area contributed by atoms with E-state index in [9.17, 15) is 0 Å². The quantitative estimate of drug-likeness (QED) is 0.839. The summed E-state index contributed by atoms with van der Waals surface area (Å²) >= 11 is 0. The van der Waals surface area contributed by atoms with Gasteiger partial charge in [-0.1, -0.05) is 20.8 Å². The highest BCUT2D eigenvalue weighted by Crippen LogP contribution is 2.33. The van der Waals surface area contributed by atoms with Crippen LogP contribution in [0.2, 0.25) is 0 Å². The number of fused-ring (bicyclic) bond motifs is 3. The van der Waals surface area contributed by atoms with Crippen molar-refractivity contribution in [3.05, 3.63) is 0 Å². The van der Waals surface area contributed by atoms with Gasteiger partial charge in [0.05, 0.1) is 0 Å². The molecule has 0 aromatic carbocycles. The fraction of sp³-hybridized carbons (Fsp3) is 1.00. The van der Waals surface area contributed by atoms with Gasteiger partial charge in [0.2, 0.25) is 0 Å². The van der Waals surface area contributed by atoms with Crippen LogP contribution in [0, 0.1) is 11.8 Å². The van der Waals surface area contributed by atoms with E-state index in [1.54, 1.807) is 0 Å². The number of piperazine rings is 1. The third-order valence-electron chi connectivity index (χ3n) is 5.82. The van der Waals surface area contributed by atoms with Gasteiger partial charge in [0, 0.05) is 37.8 Å². The van der Waals surface area contributed by atoms with Crippen LogP contribution < -0.4 is 5.32 Å². The van der Waals surface area contributed by atoms with Gasteiger partial charge >= 0.3 is 0 Å². The highest BCUT2D eigenvalue weighted by Gasteiger charge is 2.41. The molecule has 4 heterocycles. The minimum absolute atomic E-state index is 0.693. The van der Waals surface area contributed by atoms with E-state index in [2.05, 4.69) is 35.9 Å². The van der Waals surface area contributed by atoms with Crippen LogP contribution in [0.1, 0.15) is 40.0 Å². The zero-order chi connectivity index (χ0) is 13.4. The van der Waals surface area contributed by atoms with Gasteiger partial charge < -0.3 is 10.2 Å². The Hall–Kier alpha value is -0.120. The number of nitrogens with zero attached hydrogens (tertiary/aromatic N) is 2. The lowest BCUT2D eigenvalue weighted by Crippen LogP contribution is -2.66. The first-order valence-electron chi connectivity index (χ1n) is 8.40. The number of nitrogens with one attached hydrogen (secondary N) is 1. The molecule has 0 aliphatic carbocycles. The summed E-state index contributed by atoms with van der Waals surface area (Å²) in [4.78, 5) is 5.58. The Labute approximate surface area is 118 Å². The van der Waals surface area contributed by atoms with Gasteiger partial charge in [-0.05, 0) is 44.2 Å². The molecule has 4 aliphatic heterocycles. The minimum Gasteiger partial charge on any atom is -0.311 e. The lowest BCUT2D eigenvalue weighted by molar-refractivity contribution is -0.0345. The molecule has 0 spiro atoms. The Kier molecular flexibility index (Phi) is 4.16. The summed E-state index contributed by atoms with van der Waals surface area (Å²) in [6, 6.07) is 2.30. The topological polar surface area (TPSA) is 18.5 Å².